The van der Waals surface area contributed by atoms with E-state index in [0.29, 0.717) is 12.8 Å². The number of ether oxygens (including phenoxy) is 2. The first-order chi connectivity index (χ1) is 13.6. The summed E-state index contributed by atoms with van der Waals surface area (Å²) in [6, 6.07) is 0. The van der Waals surface area contributed by atoms with Gasteiger partial charge in [-0.1, -0.05) is 90.6 Å². The predicted molar refractivity (Wildman–Crippen MR) is 112 cm³/mol. The summed E-state index contributed by atoms with van der Waals surface area (Å²) >= 11 is 0. The molecule has 0 fully saturated rings. The largest absolute Gasteiger partial charge is 0.505 e. The van der Waals surface area contributed by atoms with Gasteiger partial charge in [-0.05, 0) is 6.42 Å². The highest BCUT2D eigenvalue weighted by Gasteiger charge is 2.29. The molecule has 1 unspecified atom stereocenters. The molecule has 5 nitrogen and oxygen atoms in total. The van der Waals surface area contributed by atoms with Crippen LogP contribution in [0.15, 0.2) is 23.9 Å². The third-order valence-electron chi connectivity index (χ3n) is 5.22. The monoisotopic (exact) mass is 396 g/mol. The molecule has 0 radical (unpaired) electrons. The van der Waals surface area contributed by atoms with E-state index in [4.69, 9.17) is 9.47 Å². The average molecular weight is 397 g/mol. The van der Waals surface area contributed by atoms with Crippen LogP contribution in [0, 0.1) is 0 Å². The lowest BCUT2D eigenvalue weighted by Crippen LogP contribution is -2.15. The summed E-state index contributed by atoms with van der Waals surface area (Å²) in [5, 5.41) is 19.1. The second-order valence-corrected chi connectivity index (χ2v) is 7.77. The number of carbonyl (C=O) groups is 1. The van der Waals surface area contributed by atoms with E-state index in [1.807, 2.05) is 0 Å². The minimum atomic E-state index is -0.670. The first-order valence-electron chi connectivity index (χ1n) is 11.2. The standard InChI is InChI=1S/C23H40O5/c1-3-4-5-6-7-8-9-10-11-12-13-14-15-16-21(24)27-18-17-20-23(26)22(25)19(2)28-20/h20,25-26H,2-18H2,1H3. The van der Waals surface area contributed by atoms with E-state index in [0.717, 1.165) is 12.8 Å². The summed E-state index contributed by atoms with van der Waals surface area (Å²) in [5.74, 6) is -0.714. The van der Waals surface area contributed by atoms with Crippen molar-refractivity contribution >= 4 is 5.97 Å². The van der Waals surface area contributed by atoms with E-state index < -0.39 is 6.10 Å². The molecule has 1 heterocycles. The molecule has 162 valence electrons. The number of unbranched alkanes of at least 4 members (excludes halogenated alkanes) is 12. The van der Waals surface area contributed by atoms with Crippen LogP contribution in [0.2, 0.25) is 0 Å². The molecule has 0 aromatic heterocycles. The van der Waals surface area contributed by atoms with E-state index in [1.54, 1.807) is 0 Å². The topological polar surface area (TPSA) is 76.0 Å². The van der Waals surface area contributed by atoms with Crippen molar-refractivity contribution in [3.8, 4) is 0 Å². The van der Waals surface area contributed by atoms with Gasteiger partial charge in [-0.3, -0.25) is 4.79 Å². The van der Waals surface area contributed by atoms with Crippen LogP contribution in [0.3, 0.4) is 0 Å². The Bertz CT molecular complexity index is 483. The molecule has 2 N–H and O–H groups in total. The van der Waals surface area contributed by atoms with Gasteiger partial charge < -0.3 is 19.7 Å². The number of hydrogen-bond acceptors (Lipinski definition) is 5. The summed E-state index contributed by atoms with van der Waals surface area (Å²) in [6.07, 6.45) is 16.7. The highest BCUT2D eigenvalue weighted by Crippen LogP contribution is 2.27. The van der Waals surface area contributed by atoms with Gasteiger partial charge in [0.25, 0.3) is 0 Å². The Balaban J connectivity index is 1.85. The molecule has 0 aromatic rings. The molecule has 1 rings (SSSR count). The highest BCUT2D eigenvalue weighted by atomic mass is 16.5. The zero-order valence-corrected chi connectivity index (χ0v) is 17.7. The Kier molecular flexibility index (Phi) is 13.3. The van der Waals surface area contributed by atoms with Gasteiger partial charge in [-0.15, -0.1) is 0 Å². The fraction of sp³-hybridized carbons (Fsp3) is 0.783. The van der Waals surface area contributed by atoms with Crippen LogP contribution in [-0.2, 0) is 14.3 Å². The van der Waals surface area contributed by atoms with E-state index in [1.165, 1.54) is 70.6 Å². The zero-order valence-electron chi connectivity index (χ0n) is 17.7. The van der Waals surface area contributed by atoms with Crippen LogP contribution in [-0.4, -0.2) is 28.9 Å². The van der Waals surface area contributed by atoms with Crippen LogP contribution < -0.4 is 0 Å². The van der Waals surface area contributed by atoms with Crippen molar-refractivity contribution in [3.05, 3.63) is 23.9 Å². The van der Waals surface area contributed by atoms with E-state index in [2.05, 4.69) is 13.5 Å². The molecule has 5 heteroatoms. The summed E-state index contributed by atoms with van der Waals surface area (Å²) in [5.41, 5.74) is 0. The molecule has 0 saturated carbocycles. The molecule has 0 amide bonds. The lowest BCUT2D eigenvalue weighted by molar-refractivity contribution is -0.144. The molecule has 28 heavy (non-hydrogen) atoms. The molecule has 0 aromatic carbocycles. The Morgan fingerprint density at radius 2 is 1.43 bits per heavy atom. The van der Waals surface area contributed by atoms with Crippen LogP contribution in [0.25, 0.3) is 0 Å². The quantitative estimate of drug-likeness (QED) is 0.213. The second-order valence-electron chi connectivity index (χ2n) is 7.77. The fourth-order valence-electron chi connectivity index (χ4n) is 3.41. The predicted octanol–water partition coefficient (Wildman–Crippen LogP) is 6.64. The zero-order chi connectivity index (χ0) is 20.6. The highest BCUT2D eigenvalue weighted by molar-refractivity contribution is 5.69. The number of rotatable bonds is 17. The Labute approximate surface area is 170 Å². The Morgan fingerprint density at radius 1 is 0.929 bits per heavy atom. The molecule has 0 saturated heterocycles. The Morgan fingerprint density at radius 3 is 1.89 bits per heavy atom. The van der Waals surface area contributed by atoms with Crippen LogP contribution in [0.5, 0.6) is 0 Å². The van der Waals surface area contributed by atoms with Gasteiger partial charge in [0, 0.05) is 12.8 Å². The smallest absolute Gasteiger partial charge is 0.305 e. The first-order valence-corrected chi connectivity index (χ1v) is 11.2. The number of hydrogen-bond donors (Lipinski definition) is 2. The maximum Gasteiger partial charge on any atom is 0.305 e. The number of aliphatic hydroxyl groups excluding tert-OH is 2. The number of aliphatic hydroxyl groups is 2. The minimum absolute atomic E-state index is 0.0563. The summed E-state index contributed by atoms with van der Waals surface area (Å²) in [6.45, 7) is 5.89. The van der Waals surface area contributed by atoms with Crippen molar-refractivity contribution in [1.29, 1.82) is 0 Å². The Hall–Kier alpha value is -1.65. The minimum Gasteiger partial charge on any atom is -0.505 e. The van der Waals surface area contributed by atoms with E-state index >= 15 is 0 Å². The van der Waals surface area contributed by atoms with Crippen molar-refractivity contribution in [2.75, 3.05) is 6.61 Å². The first kappa shape index (κ1) is 24.4. The fourth-order valence-corrected chi connectivity index (χ4v) is 3.41. The summed E-state index contributed by atoms with van der Waals surface area (Å²) < 4.78 is 10.4. The molecule has 1 atom stereocenters. The van der Waals surface area contributed by atoms with Gasteiger partial charge in [0.05, 0.1) is 6.61 Å². The van der Waals surface area contributed by atoms with Crippen LogP contribution >= 0.6 is 0 Å². The van der Waals surface area contributed by atoms with Crippen LogP contribution in [0.4, 0.5) is 0 Å². The third kappa shape index (κ3) is 10.6. The van der Waals surface area contributed by atoms with Crippen molar-refractivity contribution in [3.63, 3.8) is 0 Å². The lowest BCUT2D eigenvalue weighted by Gasteiger charge is -2.11. The molecular formula is C23H40O5. The van der Waals surface area contributed by atoms with Crippen molar-refractivity contribution in [2.24, 2.45) is 0 Å². The molecule has 0 spiro atoms. The normalized spacial score (nSPS) is 16.5. The molecule has 0 aliphatic carbocycles. The molecule has 1 aliphatic heterocycles. The van der Waals surface area contributed by atoms with Crippen molar-refractivity contribution in [1.82, 2.24) is 0 Å². The van der Waals surface area contributed by atoms with Gasteiger partial charge in [-0.25, -0.2) is 0 Å². The van der Waals surface area contributed by atoms with Crippen LogP contribution in [0.1, 0.15) is 103 Å². The van der Waals surface area contributed by atoms with Gasteiger partial charge in [-0.2, -0.15) is 0 Å². The number of carbonyl (C=O) groups excluding carboxylic acids is 1. The van der Waals surface area contributed by atoms with Gasteiger partial charge in [0.1, 0.15) is 0 Å². The van der Waals surface area contributed by atoms with Gasteiger partial charge in [0.2, 0.25) is 0 Å². The lowest BCUT2D eigenvalue weighted by atomic mass is 10.0. The van der Waals surface area contributed by atoms with Crippen molar-refractivity contribution < 1.29 is 24.5 Å². The molecular weight excluding hydrogens is 356 g/mol. The number of esters is 1. The summed E-state index contributed by atoms with van der Waals surface area (Å²) in [4.78, 5) is 11.7. The average Bonchev–Trinajstić information content (AvgIpc) is 2.92. The van der Waals surface area contributed by atoms with Gasteiger partial charge >= 0.3 is 5.97 Å². The molecule has 1 aliphatic rings. The summed E-state index contributed by atoms with van der Waals surface area (Å²) in [7, 11) is 0. The van der Waals surface area contributed by atoms with Crippen molar-refractivity contribution in [2.45, 2.75) is 109 Å². The van der Waals surface area contributed by atoms with Gasteiger partial charge in [0.15, 0.2) is 23.4 Å². The molecule has 0 bridgehead atoms. The van der Waals surface area contributed by atoms with E-state index in [9.17, 15) is 15.0 Å². The SMILES string of the molecule is C=C1OC(CCOC(=O)CCCCCCCCCCCCCCC)C(O)=C1O. The third-order valence-corrected chi connectivity index (χ3v) is 5.22. The second kappa shape index (κ2) is 15.3. The van der Waals surface area contributed by atoms with E-state index in [-0.39, 0.29) is 29.9 Å². The maximum absolute atomic E-state index is 11.7. The maximum atomic E-state index is 11.7.